The van der Waals surface area contributed by atoms with Crippen molar-refractivity contribution in [2.75, 3.05) is 0 Å². The van der Waals surface area contributed by atoms with Crippen LogP contribution < -0.4 is 0 Å². The van der Waals surface area contributed by atoms with E-state index in [2.05, 4.69) is 86.0 Å². The lowest BCUT2D eigenvalue weighted by molar-refractivity contribution is 0.751. The van der Waals surface area contributed by atoms with Gasteiger partial charge in [0.1, 0.15) is 0 Å². The number of rotatable bonds is 2. The fourth-order valence-electron chi connectivity index (χ4n) is 4.40. The van der Waals surface area contributed by atoms with Crippen LogP contribution in [0.1, 0.15) is 29.4 Å². The summed E-state index contributed by atoms with van der Waals surface area (Å²) in [7, 11) is 0. The fourth-order valence-corrected chi connectivity index (χ4v) is 4.40. The van der Waals surface area contributed by atoms with Crippen LogP contribution >= 0.6 is 0 Å². The Kier molecular flexibility index (Phi) is 3.08. The zero-order valence-electron chi connectivity index (χ0n) is 14.2. The first-order valence-corrected chi connectivity index (χ1v) is 8.92. The van der Waals surface area contributed by atoms with Crippen LogP contribution in [0.3, 0.4) is 0 Å². The third-order valence-corrected chi connectivity index (χ3v) is 5.74. The van der Waals surface area contributed by atoms with E-state index in [-0.39, 0.29) is 0 Å². The molecule has 120 valence electrons. The Hall–Kier alpha value is -2.86. The smallest absolute Gasteiger partial charge is 0.00272 e. The van der Waals surface area contributed by atoms with Gasteiger partial charge in [0, 0.05) is 11.8 Å². The molecule has 0 nitrogen and oxygen atoms in total. The Bertz CT molecular complexity index is 1070. The van der Waals surface area contributed by atoms with Gasteiger partial charge in [-0.05, 0) is 74.1 Å². The Morgan fingerprint density at radius 2 is 1.00 bits per heavy atom. The highest BCUT2D eigenvalue weighted by molar-refractivity contribution is 6.05. The molecule has 0 amide bonds. The van der Waals surface area contributed by atoms with E-state index >= 15 is 0 Å². The predicted molar refractivity (Wildman–Crippen MR) is 109 cm³/mol. The van der Waals surface area contributed by atoms with E-state index < -0.39 is 0 Å². The van der Waals surface area contributed by atoms with Crippen molar-refractivity contribution >= 4 is 32.3 Å². The molecule has 0 N–H and O–H groups in total. The summed E-state index contributed by atoms with van der Waals surface area (Å²) >= 11 is 0. The van der Waals surface area contributed by atoms with Crippen LogP contribution in [0.15, 0.2) is 86.0 Å². The third kappa shape index (κ3) is 2.14. The molecular weight excluding hydrogens is 300 g/mol. The zero-order valence-corrected chi connectivity index (χ0v) is 14.2. The maximum atomic E-state index is 4.04. The summed E-state index contributed by atoms with van der Waals surface area (Å²) in [6, 6.07) is 22.6. The third-order valence-electron chi connectivity index (χ3n) is 5.74. The average Bonchev–Trinajstić information content (AvgIpc) is 2.99. The fraction of sp³-hybridized carbons (Fsp3) is 0.120. The van der Waals surface area contributed by atoms with E-state index in [9.17, 15) is 0 Å². The second-order valence-electron chi connectivity index (χ2n) is 7.15. The maximum Gasteiger partial charge on any atom is 0.00272 e. The summed E-state index contributed by atoms with van der Waals surface area (Å²) in [5, 5.41) is 7.84. The minimum absolute atomic E-state index is 0.440. The standard InChI is InChI=1S/C25H20/c1-3-16-9-17(4-2)25-15-23-13-21-11-19-8-6-5-7-18(19)10-20(21)12-22(23)14-24(16)25/h3-8,10-17H,1-2,9H2. The van der Waals surface area contributed by atoms with Crippen molar-refractivity contribution in [3.05, 3.63) is 97.1 Å². The first kappa shape index (κ1) is 14.5. The molecule has 0 bridgehead atoms. The van der Waals surface area contributed by atoms with Gasteiger partial charge >= 0.3 is 0 Å². The number of hydrogen-bond acceptors (Lipinski definition) is 0. The Morgan fingerprint density at radius 3 is 1.44 bits per heavy atom. The topological polar surface area (TPSA) is 0 Å². The molecule has 0 aliphatic heterocycles. The van der Waals surface area contributed by atoms with Gasteiger partial charge in [-0.2, -0.15) is 0 Å². The molecule has 0 fully saturated rings. The van der Waals surface area contributed by atoms with Gasteiger partial charge in [0.25, 0.3) is 0 Å². The van der Waals surface area contributed by atoms with Crippen molar-refractivity contribution in [3.8, 4) is 0 Å². The SMILES string of the molecule is C=CC1CC(C=C)c2cc3cc4cc5ccccc5cc4cc3cc21. The monoisotopic (exact) mass is 320 g/mol. The van der Waals surface area contributed by atoms with E-state index in [0.717, 1.165) is 6.42 Å². The van der Waals surface area contributed by atoms with Crippen molar-refractivity contribution in [2.24, 2.45) is 0 Å². The molecule has 4 aromatic carbocycles. The summed E-state index contributed by atoms with van der Waals surface area (Å²) in [4.78, 5) is 0. The molecule has 1 aliphatic carbocycles. The van der Waals surface area contributed by atoms with E-state index in [1.807, 2.05) is 0 Å². The van der Waals surface area contributed by atoms with Crippen LogP contribution in [0, 0.1) is 0 Å². The van der Waals surface area contributed by atoms with Crippen LogP contribution in [0.4, 0.5) is 0 Å². The molecule has 25 heavy (non-hydrogen) atoms. The minimum atomic E-state index is 0.440. The van der Waals surface area contributed by atoms with Crippen LogP contribution in [-0.2, 0) is 0 Å². The largest absolute Gasteiger partial charge is 0.102 e. The van der Waals surface area contributed by atoms with Crippen molar-refractivity contribution in [2.45, 2.75) is 18.3 Å². The molecule has 4 aromatic rings. The molecule has 0 spiro atoms. The van der Waals surface area contributed by atoms with Gasteiger partial charge < -0.3 is 0 Å². The first-order chi connectivity index (χ1) is 12.3. The molecule has 0 saturated heterocycles. The summed E-state index contributed by atoms with van der Waals surface area (Å²) in [5.74, 6) is 0.879. The lowest BCUT2D eigenvalue weighted by Crippen LogP contribution is -1.89. The lowest BCUT2D eigenvalue weighted by Gasteiger charge is -2.10. The molecule has 2 unspecified atom stereocenters. The van der Waals surface area contributed by atoms with Crippen molar-refractivity contribution in [1.29, 1.82) is 0 Å². The molecule has 0 saturated carbocycles. The highest BCUT2D eigenvalue weighted by atomic mass is 14.3. The van der Waals surface area contributed by atoms with Crippen molar-refractivity contribution < 1.29 is 0 Å². The first-order valence-electron chi connectivity index (χ1n) is 8.92. The van der Waals surface area contributed by atoms with E-state index in [1.165, 1.54) is 43.4 Å². The van der Waals surface area contributed by atoms with E-state index in [4.69, 9.17) is 0 Å². The number of benzene rings is 4. The molecule has 0 heteroatoms. The van der Waals surface area contributed by atoms with Crippen molar-refractivity contribution in [1.82, 2.24) is 0 Å². The average molecular weight is 320 g/mol. The Labute approximate surface area is 148 Å². The summed E-state index contributed by atoms with van der Waals surface area (Å²) in [6.07, 6.45) is 5.27. The van der Waals surface area contributed by atoms with Gasteiger partial charge in [-0.15, -0.1) is 13.2 Å². The van der Waals surface area contributed by atoms with E-state index in [1.54, 1.807) is 0 Å². The summed E-state index contributed by atoms with van der Waals surface area (Å²) in [6.45, 7) is 8.08. The Morgan fingerprint density at radius 1 is 0.600 bits per heavy atom. The molecule has 1 aliphatic rings. The van der Waals surface area contributed by atoms with Gasteiger partial charge in [0.2, 0.25) is 0 Å². The molecule has 5 rings (SSSR count). The Balaban J connectivity index is 1.82. The van der Waals surface area contributed by atoms with Gasteiger partial charge in [-0.3, -0.25) is 0 Å². The second kappa shape index (κ2) is 5.32. The normalized spacial score (nSPS) is 19.4. The van der Waals surface area contributed by atoms with Gasteiger partial charge in [0.05, 0.1) is 0 Å². The molecule has 0 heterocycles. The lowest BCUT2D eigenvalue weighted by atomic mass is 9.94. The maximum absolute atomic E-state index is 4.04. The number of hydrogen-bond donors (Lipinski definition) is 0. The van der Waals surface area contributed by atoms with Crippen LogP contribution in [0.2, 0.25) is 0 Å². The molecule has 2 atom stereocenters. The zero-order chi connectivity index (χ0) is 17.0. The van der Waals surface area contributed by atoms with Gasteiger partial charge in [0.15, 0.2) is 0 Å². The molecule has 0 aromatic heterocycles. The van der Waals surface area contributed by atoms with Crippen LogP contribution in [-0.4, -0.2) is 0 Å². The minimum Gasteiger partial charge on any atom is -0.102 e. The number of allylic oxidation sites excluding steroid dienone is 2. The quantitative estimate of drug-likeness (QED) is 0.273. The van der Waals surface area contributed by atoms with Gasteiger partial charge in [-0.25, -0.2) is 0 Å². The van der Waals surface area contributed by atoms with Gasteiger partial charge in [-0.1, -0.05) is 48.6 Å². The van der Waals surface area contributed by atoms with Crippen LogP contribution in [0.5, 0.6) is 0 Å². The highest BCUT2D eigenvalue weighted by Crippen LogP contribution is 2.45. The van der Waals surface area contributed by atoms with Crippen molar-refractivity contribution in [3.63, 3.8) is 0 Å². The second-order valence-corrected chi connectivity index (χ2v) is 7.15. The van der Waals surface area contributed by atoms with E-state index in [0.29, 0.717) is 11.8 Å². The summed E-state index contributed by atoms with van der Waals surface area (Å²) in [5.41, 5.74) is 2.85. The van der Waals surface area contributed by atoms with Crippen LogP contribution in [0.25, 0.3) is 32.3 Å². The molecular formula is C25H20. The highest BCUT2D eigenvalue weighted by Gasteiger charge is 2.27. The molecule has 0 radical (unpaired) electrons. The predicted octanol–water partition coefficient (Wildman–Crippen LogP) is 7.09. The summed E-state index contributed by atoms with van der Waals surface area (Å²) < 4.78 is 0. The number of fused-ring (bicyclic) bond motifs is 4.